The van der Waals surface area contributed by atoms with Gasteiger partial charge in [0.05, 0.1) is 5.92 Å². The number of rotatable bonds is 8. The predicted octanol–water partition coefficient (Wildman–Crippen LogP) is 1.94. The molecule has 0 bridgehead atoms. The zero-order chi connectivity index (χ0) is 13.4. The van der Waals surface area contributed by atoms with E-state index in [1.807, 2.05) is 4.90 Å². The Morgan fingerprint density at radius 1 is 1.28 bits per heavy atom. The summed E-state index contributed by atoms with van der Waals surface area (Å²) >= 11 is 0. The number of amides is 2. The van der Waals surface area contributed by atoms with Crippen LogP contribution in [0.3, 0.4) is 0 Å². The van der Waals surface area contributed by atoms with Crippen molar-refractivity contribution in [2.45, 2.75) is 52.4 Å². The summed E-state index contributed by atoms with van der Waals surface area (Å²) in [6, 6.07) is 0. The van der Waals surface area contributed by atoms with Crippen LogP contribution in [0.2, 0.25) is 0 Å². The number of hydrogen-bond donors (Lipinski definition) is 1. The Morgan fingerprint density at radius 2 is 2.00 bits per heavy atom. The molecule has 1 N–H and O–H groups in total. The van der Waals surface area contributed by atoms with Gasteiger partial charge < -0.3 is 10.2 Å². The normalized spacial score (nSPS) is 19.3. The zero-order valence-electron chi connectivity index (χ0n) is 11.7. The summed E-state index contributed by atoms with van der Waals surface area (Å²) in [6.45, 7) is 6.40. The molecular weight excluding hydrogens is 228 g/mol. The van der Waals surface area contributed by atoms with E-state index in [0.717, 1.165) is 45.2 Å². The van der Waals surface area contributed by atoms with Crippen molar-refractivity contribution in [3.05, 3.63) is 0 Å². The minimum absolute atomic E-state index is 0.0541. The van der Waals surface area contributed by atoms with E-state index < -0.39 is 0 Å². The molecule has 1 rings (SSSR count). The first kappa shape index (κ1) is 15.0. The standard InChI is InChI=1S/C14H26N2O2/c1-3-5-7-8-15-14(18)12-10-13(17)16(11-12)9-6-4-2/h12H,3-11H2,1-2H3,(H,15,18)/t12-/m0/s1. The van der Waals surface area contributed by atoms with Crippen LogP contribution < -0.4 is 5.32 Å². The predicted molar refractivity (Wildman–Crippen MR) is 72.1 cm³/mol. The van der Waals surface area contributed by atoms with Gasteiger partial charge in [0.2, 0.25) is 11.8 Å². The highest BCUT2D eigenvalue weighted by Crippen LogP contribution is 2.18. The van der Waals surface area contributed by atoms with Crippen molar-refractivity contribution >= 4 is 11.8 Å². The van der Waals surface area contributed by atoms with Gasteiger partial charge in [0.25, 0.3) is 0 Å². The first-order valence-corrected chi connectivity index (χ1v) is 7.24. The number of nitrogens with zero attached hydrogens (tertiary/aromatic N) is 1. The van der Waals surface area contributed by atoms with Crippen LogP contribution in [0.15, 0.2) is 0 Å². The third kappa shape index (κ3) is 4.67. The second-order valence-corrected chi connectivity index (χ2v) is 5.09. The van der Waals surface area contributed by atoms with Crippen molar-refractivity contribution in [3.8, 4) is 0 Å². The highest BCUT2D eigenvalue weighted by Gasteiger charge is 2.33. The quantitative estimate of drug-likeness (QED) is 0.673. The molecule has 4 nitrogen and oxygen atoms in total. The maximum absolute atomic E-state index is 11.9. The summed E-state index contributed by atoms with van der Waals surface area (Å²) in [6.07, 6.45) is 5.83. The van der Waals surface area contributed by atoms with Gasteiger partial charge in [-0.3, -0.25) is 9.59 Å². The molecule has 0 spiro atoms. The molecule has 1 aliphatic rings. The third-order valence-electron chi connectivity index (χ3n) is 3.45. The van der Waals surface area contributed by atoms with E-state index in [1.54, 1.807) is 0 Å². The van der Waals surface area contributed by atoms with Gasteiger partial charge in [-0.15, -0.1) is 0 Å². The second kappa shape index (κ2) is 8.11. The molecule has 1 fully saturated rings. The fourth-order valence-corrected chi connectivity index (χ4v) is 2.24. The first-order chi connectivity index (χ1) is 8.69. The number of nitrogens with one attached hydrogen (secondary N) is 1. The topological polar surface area (TPSA) is 49.4 Å². The molecule has 0 aromatic heterocycles. The highest BCUT2D eigenvalue weighted by molar-refractivity contribution is 5.89. The van der Waals surface area contributed by atoms with Crippen LogP contribution in [0, 0.1) is 5.92 Å². The lowest BCUT2D eigenvalue weighted by atomic mass is 10.1. The Hall–Kier alpha value is -1.06. The summed E-state index contributed by atoms with van der Waals surface area (Å²) in [7, 11) is 0. The second-order valence-electron chi connectivity index (χ2n) is 5.09. The lowest BCUT2D eigenvalue weighted by Crippen LogP contribution is -2.33. The maximum Gasteiger partial charge on any atom is 0.225 e. The SMILES string of the molecule is CCCCCNC(=O)[C@H]1CC(=O)N(CCCC)C1. The number of hydrogen-bond acceptors (Lipinski definition) is 2. The largest absolute Gasteiger partial charge is 0.356 e. The van der Waals surface area contributed by atoms with E-state index >= 15 is 0 Å². The van der Waals surface area contributed by atoms with Gasteiger partial charge in [-0.1, -0.05) is 33.1 Å². The summed E-state index contributed by atoms with van der Waals surface area (Å²) in [5.74, 6) is 0.0617. The zero-order valence-corrected chi connectivity index (χ0v) is 11.7. The number of carbonyl (C=O) groups is 2. The highest BCUT2D eigenvalue weighted by atomic mass is 16.2. The van der Waals surface area contributed by atoms with Crippen LogP contribution in [-0.2, 0) is 9.59 Å². The van der Waals surface area contributed by atoms with Gasteiger partial charge in [0.15, 0.2) is 0 Å². The number of likely N-dealkylation sites (tertiary alicyclic amines) is 1. The lowest BCUT2D eigenvalue weighted by molar-refractivity contribution is -0.129. The average Bonchev–Trinajstić information content (AvgIpc) is 2.73. The number of carbonyl (C=O) groups excluding carboxylic acids is 2. The average molecular weight is 254 g/mol. The Kier molecular flexibility index (Phi) is 6.76. The molecule has 0 aromatic rings. The summed E-state index contributed by atoms with van der Waals surface area (Å²) < 4.78 is 0. The Morgan fingerprint density at radius 3 is 2.67 bits per heavy atom. The van der Waals surface area contributed by atoms with Gasteiger partial charge in [-0.25, -0.2) is 0 Å². The van der Waals surface area contributed by atoms with Crippen molar-refractivity contribution in [1.29, 1.82) is 0 Å². The molecule has 1 aliphatic heterocycles. The maximum atomic E-state index is 11.9. The molecule has 18 heavy (non-hydrogen) atoms. The van der Waals surface area contributed by atoms with Crippen molar-refractivity contribution < 1.29 is 9.59 Å². The van der Waals surface area contributed by atoms with E-state index in [2.05, 4.69) is 19.2 Å². The van der Waals surface area contributed by atoms with E-state index in [0.29, 0.717) is 13.0 Å². The monoisotopic (exact) mass is 254 g/mol. The molecule has 0 saturated carbocycles. The number of unbranched alkanes of at least 4 members (excludes halogenated alkanes) is 3. The van der Waals surface area contributed by atoms with E-state index in [1.165, 1.54) is 0 Å². The van der Waals surface area contributed by atoms with Crippen LogP contribution in [0.4, 0.5) is 0 Å². The van der Waals surface area contributed by atoms with Crippen LogP contribution >= 0.6 is 0 Å². The van der Waals surface area contributed by atoms with Crippen molar-refractivity contribution in [2.75, 3.05) is 19.6 Å². The Bertz CT molecular complexity index is 279. The molecule has 4 heteroatoms. The molecule has 0 aromatic carbocycles. The van der Waals surface area contributed by atoms with Crippen LogP contribution in [0.1, 0.15) is 52.4 Å². The molecule has 1 heterocycles. The van der Waals surface area contributed by atoms with Crippen molar-refractivity contribution in [3.63, 3.8) is 0 Å². The summed E-state index contributed by atoms with van der Waals surface area (Å²) in [4.78, 5) is 25.4. The molecule has 0 radical (unpaired) electrons. The van der Waals surface area contributed by atoms with Crippen LogP contribution in [0.5, 0.6) is 0 Å². The van der Waals surface area contributed by atoms with Crippen LogP contribution in [0.25, 0.3) is 0 Å². The Balaban J connectivity index is 2.26. The lowest BCUT2D eigenvalue weighted by Gasteiger charge is -2.15. The van der Waals surface area contributed by atoms with Gasteiger partial charge >= 0.3 is 0 Å². The summed E-state index contributed by atoms with van der Waals surface area (Å²) in [5, 5.41) is 2.94. The third-order valence-corrected chi connectivity index (χ3v) is 3.45. The Labute approximate surface area is 110 Å². The van der Waals surface area contributed by atoms with Gasteiger partial charge in [-0.05, 0) is 12.8 Å². The molecule has 1 atom stereocenters. The van der Waals surface area contributed by atoms with E-state index in [4.69, 9.17) is 0 Å². The fourth-order valence-electron chi connectivity index (χ4n) is 2.24. The van der Waals surface area contributed by atoms with E-state index in [9.17, 15) is 9.59 Å². The summed E-state index contributed by atoms with van der Waals surface area (Å²) in [5.41, 5.74) is 0. The molecular formula is C14H26N2O2. The fraction of sp³-hybridized carbons (Fsp3) is 0.857. The van der Waals surface area contributed by atoms with Crippen molar-refractivity contribution in [2.24, 2.45) is 5.92 Å². The van der Waals surface area contributed by atoms with E-state index in [-0.39, 0.29) is 17.7 Å². The molecule has 0 unspecified atom stereocenters. The van der Waals surface area contributed by atoms with Crippen LogP contribution in [-0.4, -0.2) is 36.3 Å². The van der Waals surface area contributed by atoms with Gasteiger partial charge in [0, 0.05) is 26.1 Å². The first-order valence-electron chi connectivity index (χ1n) is 7.24. The minimum Gasteiger partial charge on any atom is -0.356 e. The van der Waals surface area contributed by atoms with Gasteiger partial charge in [0.1, 0.15) is 0 Å². The molecule has 0 aliphatic carbocycles. The van der Waals surface area contributed by atoms with Gasteiger partial charge in [-0.2, -0.15) is 0 Å². The molecule has 1 saturated heterocycles. The molecule has 104 valence electrons. The smallest absolute Gasteiger partial charge is 0.225 e. The molecule has 2 amide bonds. The minimum atomic E-state index is -0.129. The van der Waals surface area contributed by atoms with Crippen molar-refractivity contribution in [1.82, 2.24) is 10.2 Å².